The number of methoxy groups -OCH3 is 1. The summed E-state index contributed by atoms with van der Waals surface area (Å²) in [6.07, 6.45) is 1.65. The normalized spacial score (nSPS) is 11.0. The lowest BCUT2D eigenvalue weighted by atomic mass is 10.1. The van der Waals surface area contributed by atoms with Crippen LogP contribution in [0.3, 0.4) is 0 Å². The topological polar surface area (TPSA) is 58.6 Å². The first-order valence-corrected chi connectivity index (χ1v) is 9.08. The Morgan fingerprint density at radius 3 is 2.15 bits per heavy atom. The Morgan fingerprint density at radius 2 is 1.63 bits per heavy atom. The molecule has 2 aromatic carbocycles. The predicted molar refractivity (Wildman–Crippen MR) is 108 cm³/mol. The summed E-state index contributed by atoms with van der Waals surface area (Å²) in [6, 6.07) is 13.7. The first kappa shape index (κ1) is 20.5. The zero-order valence-electron chi connectivity index (χ0n) is 15.7. The maximum Gasteiger partial charge on any atom is 0.270 e. The van der Waals surface area contributed by atoms with Crippen LogP contribution in [-0.2, 0) is 4.79 Å². The summed E-state index contributed by atoms with van der Waals surface area (Å²) >= 11 is 5.92. The van der Waals surface area contributed by atoms with Crippen LogP contribution in [0.15, 0.2) is 54.2 Å². The molecule has 0 aliphatic rings. The molecule has 0 aliphatic heterocycles. The molecule has 5 nitrogen and oxygen atoms in total. The van der Waals surface area contributed by atoms with Crippen LogP contribution in [0.5, 0.6) is 5.75 Å². The fraction of sp³-hybridized carbons (Fsp3) is 0.238. The van der Waals surface area contributed by atoms with E-state index in [1.807, 2.05) is 13.8 Å². The van der Waals surface area contributed by atoms with Gasteiger partial charge in [0.15, 0.2) is 0 Å². The SMILES string of the molecule is CCN(CC)C(=O)/C(=C/c1ccc(Cl)cc1)NC(=O)c1ccc(OC)cc1. The first-order valence-electron chi connectivity index (χ1n) is 8.70. The van der Waals surface area contributed by atoms with Gasteiger partial charge in [-0.3, -0.25) is 9.59 Å². The summed E-state index contributed by atoms with van der Waals surface area (Å²) in [5, 5.41) is 3.34. The molecule has 142 valence electrons. The number of likely N-dealkylation sites (N-methyl/N-ethyl adjacent to an activating group) is 1. The number of carbonyl (C=O) groups excluding carboxylic acids is 2. The lowest BCUT2D eigenvalue weighted by Gasteiger charge is -2.21. The lowest BCUT2D eigenvalue weighted by Crippen LogP contribution is -2.38. The second kappa shape index (κ2) is 9.78. The number of amides is 2. The van der Waals surface area contributed by atoms with Crippen LogP contribution in [0.1, 0.15) is 29.8 Å². The van der Waals surface area contributed by atoms with Gasteiger partial charge in [-0.1, -0.05) is 23.7 Å². The average Bonchev–Trinajstić information content (AvgIpc) is 2.70. The van der Waals surface area contributed by atoms with Crippen molar-refractivity contribution in [2.24, 2.45) is 0 Å². The van der Waals surface area contributed by atoms with E-state index in [9.17, 15) is 9.59 Å². The van der Waals surface area contributed by atoms with Crippen LogP contribution in [0.25, 0.3) is 6.08 Å². The Bertz CT molecular complexity index is 810. The molecule has 0 aromatic heterocycles. The van der Waals surface area contributed by atoms with Crippen molar-refractivity contribution >= 4 is 29.5 Å². The second-order valence-corrected chi connectivity index (χ2v) is 6.21. The lowest BCUT2D eigenvalue weighted by molar-refractivity contribution is -0.127. The largest absolute Gasteiger partial charge is 0.497 e. The standard InChI is InChI=1S/C21H23ClN2O3/c1-4-24(5-2)21(26)19(14-15-6-10-17(22)11-7-15)23-20(25)16-8-12-18(27-3)13-9-16/h6-14H,4-5H2,1-3H3,(H,23,25)/b19-14-. The van der Waals surface area contributed by atoms with Crippen molar-refractivity contribution in [3.63, 3.8) is 0 Å². The van der Waals surface area contributed by atoms with Crippen molar-refractivity contribution in [2.75, 3.05) is 20.2 Å². The molecule has 0 spiro atoms. The van der Waals surface area contributed by atoms with Gasteiger partial charge in [0.05, 0.1) is 7.11 Å². The molecule has 0 bridgehead atoms. The third kappa shape index (κ3) is 5.59. The number of ether oxygens (including phenoxy) is 1. The number of rotatable bonds is 7. The van der Waals surface area contributed by atoms with Gasteiger partial charge in [0, 0.05) is 23.7 Å². The van der Waals surface area contributed by atoms with Gasteiger partial charge in [0.2, 0.25) is 0 Å². The molecule has 0 heterocycles. The molecule has 2 rings (SSSR count). The van der Waals surface area contributed by atoms with Gasteiger partial charge in [0.1, 0.15) is 11.4 Å². The minimum atomic E-state index is -0.363. The third-order valence-electron chi connectivity index (χ3n) is 4.06. The van der Waals surface area contributed by atoms with Crippen LogP contribution < -0.4 is 10.1 Å². The molecule has 2 aromatic rings. The molecule has 0 unspecified atom stereocenters. The zero-order valence-corrected chi connectivity index (χ0v) is 16.4. The Labute approximate surface area is 164 Å². The highest BCUT2D eigenvalue weighted by atomic mass is 35.5. The first-order chi connectivity index (χ1) is 13.0. The molecule has 27 heavy (non-hydrogen) atoms. The Morgan fingerprint density at radius 1 is 1.04 bits per heavy atom. The minimum absolute atomic E-state index is 0.210. The molecular formula is C21H23ClN2O3. The van der Waals surface area contributed by atoms with Crippen molar-refractivity contribution in [3.05, 3.63) is 70.4 Å². The second-order valence-electron chi connectivity index (χ2n) is 5.77. The van der Waals surface area contributed by atoms with E-state index < -0.39 is 0 Å². The summed E-state index contributed by atoms with van der Waals surface area (Å²) in [6.45, 7) is 4.89. The summed E-state index contributed by atoms with van der Waals surface area (Å²) in [5.74, 6) is 0.0536. The van der Waals surface area contributed by atoms with Crippen LogP contribution in [-0.4, -0.2) is 36.9 Å². The van der Waals surface area contributed by atoms with Gasteiger partial charge in [-0.2, -0.15) is 0 Å². The number of benzene rings is 2. The number of hydrogen-bond acceptors (Lipinski definition) is 3. The smallest absolute Gasteiger partial charge is 0.270 e. The summed E-state index contributed by atoms with van der Waals surface area (Å²) < 4.78 is 5.10. The van der Waals surface area contributed by atoms with Crippen molar-refractivity contribution in [1.29, 1.82) is 0 Å². The van der Waals surface area contributed by atoms with Gasteiger partial charge in [-0.15, -0.1) is 0 Å². The minimum Gasteiger partial charge on any atom is -0.497 e. The van der Waals surface area contributed by atoms with E-state index in [1.54, 1.807) is 66.6 Å². The number of halogens is 1. The van der Waals surface area contributed by atoms with Crippen molar-refractivity contribution < 1.29 is 14.3 Å². The fourth-order valence-electron chi connectivity index (χ4n) is 2.49. The van der Waals surface area contributed by atoms with Gasteiger partial charge in [-0.05, 0) is 61.9 Å². The van der Waals surface area contributed by atoms with Crippen molar-refractivity contribution in [1.82, 2.24) is 10.2 Å². The molecule has 2 amide bonds. The summed E-state index contributed by atoms with van der Waals surface area (Å²) in [5.41, 5.74) is 1.41. The fourth-order valence-corrected chi connectivity index (χ4v) is 2.62. The monoisotopic (exact) mass is 386 g/mol. The van der Waals surface area contributed by atoms with Gasteiger partial charge in [-0.25, -0.2) is 0 Å². The maximum absolute atomic E-state index is 12.8. The van der Waals surface area contributed by atoms with Crippen molar-refractivity contribution in [2.45, 2.75) is 13.8 Å². The number of nitrogens with zero attached hydrogens (tertiary/aromatic N) is 1. The third-order valence-corrected chi connectivity index (χ3v) is 4.31. The molecule has 0 saturated carbocycles. The Hall–Kier alpha value is -2.79. The van der Waals surface area contributed by atoms with E-state index in [1.165, 1.54) is 0 Å². The zero-order chi connectivity index (χ0) is 19.8. The molecule has 0 atom stereocenters. The molecule has 0 aliphatic carbocycles. The van der Waals surface area contributed by atoms with E-state index in [2.05, 4.69) is 5.32 Å². The summed E-state index contributed by atoms with van der Waals surface area (Å²) in [4.78, 5) is 27.1. The van der Waals surface area contributed by atoms with E-state index in [-0.39, 0.29) is 17.5 Å². The highest BCUT2D eigenvalue weighted by Gasteiger charge is 2.19. The van der Waals surface area contributed by atoms with E-state index >= 15 is 0 Å². The van der Waals surface area contributed by atoms with Crippen LogP contribution in [0.2, 0.25) is 5.02 Å². The summed E-state index contributed by atoms with van der Waals surface area (Å²) in [7, 11) is 1.56. The maximum atomic E-state index is 12.8. The molecule has 1 N–H and O–H groups in total. The Kier molecular flexibility index (Phi) is 7.44. The predicted octanol–water partition coefficient (Wildman–Crippen LogP) is 3.99. The molecule has 6 heteroatoms. The van der Waals surface area contributed by atoms with E-state index in [0.717, 1.165) is 5.56 Å². The molecule has 0 fully saturated rings. The van der Waals surface area contributed by atoms with Crippen molar-refractivity contribution in [3.8, 4) is 5.75 Å². The highest BCUT2D eigenvalue weighted by Crippen LogP contribution is 2.15. The number of carbonyl (C=O) groups is 2. The highest BCUT2D eigenvalue weighted by molar-refractivity contribution is 6.30. The van der Waals surface area contributed by atoms with E-state index in [4.69, 9.17) is 16.3 Å². The van der Waals surface area contributed by atoms with Gasteiger partial charge >= 0.3 is 0 Å². The number of nitrogens with one attached hydrogen (secondary N) is 1. The molecular weight excluding hydrogens is 364 g/mol. The van der Waals surface area contributed by atoms with E-state index in [0.29, 0.717) is 29.4 Å². The Balaban J connectivity index is 2.31. The van der Waals surface area contributed by atoms with Crippen LogP contribution in [0.4, 0.5) is 0 Å². The van der Waals surface area contributed by atoms with Gasteiger partial charge < -0.3 is 15.0 Å². The quantitative estimate of drug-likeness (QED) is 0.732. The van der Waals surface area contributed by atoms with Gasteiger partial charge in [0.25, 0.3) is 11.8 Å². The van der Waals surface area contributed by atoms with Crippen LogP contribution in [0, 0.1) is 0 Å². The average molecular weight is 387 g/mol. The molecule has 0 saturated heterocycles. The number of hydrogen-bond donors (Lipinski definition) is 1. The van der Waals surface area contributed by atoms with Crippen LogP contribution >= 0.6 is 11.6 Å². The molecule has 0 radical (unpaired) electrons.